The van der Waals surface area contributed by atoms with Gasteiger partial charge in [-0.2, -0.15) is 0 Å². The van der Waals surface area contributed by atoms with Crippen LogP contribution in [0.25, 0.3) is 0 Å². The second-order valence-electron chi connectivity index (χ2n) is 3.07. The Morgan fingerprint density at radius 3 is 2.71 bits per heavy atom. The molecule has 0 fully saturated rings. The molecule has 0 bridgehead atoms. The first-order valence-electron chi connectivity index (χ1n) is 4.68. The number of ether oxygens (including phenoxy) is 2. The molecule has 1 heterocycles. The highest BCUT2D eigenvalue weighted by Crippen LogP contribution is 2.28. The number of carbonyl (C=O) groups is 2. The summed E-state index contributed by atoms with van der Waals surface area (Å²) in [5, 5.41) is 3.12. The molecule has 0 aliphatic rings. The average molecular weight is 278 g/mol. The van der Waals surface area contributed by atoms with E-state index in [0.717, 1.165) is 11.3 Å². The average Bonchev–Trinajstić information content (AvgIpc) is 2.71. The van der Waals surface area contributed by atoms with E-state index in [0.29, 0.717) is 15.4 Å². The molecular weight excluding hydrogens is 266 g/mol. The van der Waals surface area contributed by atoms with Crippen LogP contribution in [0.5, 0.6) is 0 Å². The van der Waals surface area contributed by atoms with Crippen LogP contribution < -0.4 is 5.32 Å². The maximum absolute atomic E-state index is 11.5. The topological polar surface area (TPSA) is 64.6 Å². The highest BCUT2D eigenvalue weighted by Gasteiger charge is 2.17. The zero-order valence-corrected chi connectivity index (χ0v) is 11.0. The molecule has 0 saturated heterocycles. The standard InChI is InChI=1S/C10H12ClNO4S/c1-15-5-6-3-8(12-7(13)4-11)17-9(6)10(14)16-2/h3H,4-5H2,1-2H3,(H,12,13). The summed E-state index contributed by atoms with van der Waals surface area (Å²) >= 11 is 6.51. The molecule has 1 aromatic heterocycles. The lowest BCUT2D eigenvalue weighted by atomic mass is 10.2. The number of anilines is 1. The Balaban J connectivity index is 2.94. The molecule has 0 aliphatic carbocycles. The van der Waals surface area contributed by atoms with Gasteiger partial charge in [0, 0.05) is 12.7 Å². The summed E-state index contributed by atoms with van der Waals surface area (Å²) < 4.78 is 9.61. The number of alkyl halides is 1. The molecule has 0 aliphatic heterocycles. The Bertz CT molecular complexity index is 418. The van der Waals surface area contributed by atoms with Crippen LogP contribution >= 0.6 is 22.9 Å². The zero-order chi connectivity index (χ0) is 12.8. The number of methoxy groups -OCH3 is 2. The van der Waals surface area contributed by atoms with Crippen molar-refractivity contribution >= 4 is 39.8 Å². The second kappa shape index (κ2) is 6.58. The van der Waals surface area contributed by atoms with Gasteiger partial charge in [-0.3, -0.25) is 4.79 Å². The molecule has 0 atom stereocenters. The first-order valence-corrected chi connectivity index (χ1v) is 6.03. The maximum Gasteiger partial charge on any atom is 0.348 e. The van der Waals surface area contributed by atoms with Gasteiger partial charge in [-0.25, -0.2) is 4.79 Å². The monoisotopic (exact) mass is 277 g/mol. The van der Waals surface area contributed by atoms with E-state index >= 15 is 0 Å². The van der Waals surface area contributed by atoms with Crippen molar-refractivity contribution in [3.8, 4) is 0 Å². The van der Waals surface area contributed by atoms with Gasteiger partial charge in [0.2, 0.25) is 5.91 Å². The van der Waals surface area contributed by atoms with E-state index in [1.165, 1.54) is 14.2 Å². The molecule has 7 heteroatoms. The highest BCUT2D eigenvalue weighted by molar-refractivity contribution is 7.18. The van der Waals surface area contributed by atoms with Gasteiger partial charge in [0.05, 0.1) is 18.7 Å². The maximum atomic E-state index is 11.5. The summed E-state index contributed by atoms with van der Waals surface area (Å²) in [6, 6.07) is 1.67. The predicted octanol–water partition coefficient (Wildman–Crippen LogP) is 1.86. The molecule has 17 heavy (non-hydrogen) atoms. The van der Waals surface area contributed by atoms with E-state index in [2.05, 4.69) is 10.1 Å². The molecule has 1 rings (SSSR count). The van der Waals surface area contributed by atoms with Crippen LogP contribution in [0.3, 0.4) is 0 Å². The molecule has 94 valence electrons. The minimum Gasteiger partial charge on any atom is -0.465 e. The van der Waals surface area contributed by atoms with Gasteiger partial charge in [-0.15, -0.1) is 22.9 Å². The molecule has 0 spiro atoms. The SMILES string of the molecule is COCc1cc(NC(=O)CCl)sc1C(=O)OC. The number of halogens is 1. The Morgan fingerprint density at radius 1 is 1.47 bits per heavy atom. The van der Waals surface area contributed by atoms with Crippen molar-refractivity contribution < 1.29 is 19.1 Å². The van der Waals surface area contributed by atoms with Crippen molar-refractivity contribution in [1.29, 1.82) is 0 Å². The Hall–Kier alpha value is -1.11. The van der Waals surface area contributed by atoms with Gasteiger partial charge in [0.25, 0.3) is 0 Å². The van der Waals surface area contributed by atoms with Crippen LogP contribution in [0.4, 0.5) is 5.00 Å². The van der Waals surface area contributed by atoms with E-state index in [-0.39, 0.29) is 18.4 Å². The van der Waals surface area contributed by atoms with Crippen molar-refractivity contribution in [3.63, 3.8) is 0 Å². The number of hydrogen-bond donors (Lipinski definition) is 1. The first kappa shape index (κ1) is 14.0. The van der Waals surface area contributed by atoms with Gasteiger partial charge in [0.15, 0.2) is 0 Å². The van der Waals surface area contributed by atoms with Crippen molar-refractivity contribution in [1.82, 2.24) is 0 Å². The van der Waals surface area contributed by atoms with Crippen LogP contribution in [-0.2, 0) is 20.9 Å². The van der Waals surface area contributed by atoms with E-state index in [4.69, 9.17) is 16.3 Å². The fraction of sp³-hybridized carbons (Fsp3) is 0.400. The number of nitrogens with one attached hydrogen (secondary N) is 1. The summed E-state index contributed by atoms with van der Waals surface area (Å²) in [7, 11) is 2.82. The number of thiophene rings is 1. The van der Waals surface area contributed by atoms with Crippen molar-refractivity contribution in [2.75, 3.05) is 25.4 Å². The lowest BCUT2D eigenvalue weighted by molar-refractivity contribution is -0.113. The van der Waals surface area contributed by atoms with Gasteiger partial charge in [0.1, 0.15) is 10.8 Å². The van der Waals surface area contributed by atoms with Crippen LogP contribution in [-0.4, -0.2) is 32.0 Å². The van der Waals surface area contributed by atoms with Crippen molar-refractivity contribution in [2.24, 2.45) is 0 Å². The van der Waals surface area contributed by atoms with Gasteiger partial charge in [-0.05, 0) is 6.07 Å². The fourth-order valence-corrected chi connectivity index (χ4v) is 2.26. The van der Waals surface area contributed by atoms with Gasteiger partial charge in [-0.1, -0.05) is 0 Å². The number of carbonyl (C=O) groups excluding carboxylic acids is 2. The number of esters is 1. The lowest BCUT2D eigenvalue weighted by Crippen LogP contribution is -2.11. The Morgan fingerprint density at radius 2 is 2.18 bits per heavy atom. The third kappa shape index (κ3) is 3.69. The van der Waals surface area contributed by atoms with E-state index in [1.54, 1.807) is 6.07 Å². The highest BCUT2D eigenvalue weighted by atomic mass is 35.5. The minimum absolute atomic E-state index is 0.134. The van der Waals surface area contributed by atoms with E-state index < -0.39 is 5.97 Å². The molecule has 0 unspecified atom stereocenters. The first-order chi connectivity index (χ1) is 8.12. The van der Waals surface area contributed by atoms with Crippen molar-refractivity contribution in [2.45, 2.75) is 6.61 Å². The molecule has 5 nitrogen and oxygen atoms in total. The van der Waals surface area contributed by atoms with Crippen molar-refractivity contribution in [3.05, 3.63) is 16.5 Å². The molecule has 1 amide bonds. The smallest absolute Gasteiger partial charge is 0.348 e. The normalized spacial score (nSPS) is 10.1. The molecule has 0 radical (unpaired) electrons. The van der Waals surface area contributed by atoms with Crippen LogP contribution in [0.1, 0.15) is 15.2 Å². The summed E-state index contributed by atoms with van der Waals surface area (Å²) in [6.07, 6.45) is 0. The number of hydrogen-bond acceptors (Lipinski definition) is 5. The molecule has 0 aromatic carbocycles. The van der Waals surface area contributed by atoms with E-state index in [1.807, 2.05) is 0 Å². The number of rotatable bonds is 5. The van der Waals surface area contributed by atoms with Crippen LogP contribution in [0.15, 0.2) is 6.07 Å². The molecule has 0 saturated carbocycles. The summed E-state index contributed by atoms with van der Waals surface area (Å²) in [5.41, 5.74) is 0.675. The molecule has 1 N–H and O–H groups in total. The van der Waals surface area contributed by atoms with E-state index in [9.17, 15) is 9.59 Å². The molecule has 1 aromatic rings. The quantitative estimate of drug-likeness (QED) is 0.659. The minimum atomic E-state index is -0.451. The third-order valence-electron chi connectivity index (χ3n) is 1.86. The molecular formula is C10H12ClNO4S. The Kier molecular flexibility index (Phi) is 5.40. The van der Waals surface area contributed by atoms with Gasteiger partial charge < -0.3 is 14.8 Å². The summed E-state index contributed by atoms with van der Waals surface area (Å²) in [5.74, 6) is -0.910. The Labute approximate surface area is 108 Å². The predicted molar refractivity (Wildman–Crippen MR) is 65.7 cm³/mol. The van der Waals surface area contributed by atoms with Crippen LogP contribution in [0, 0.1) is 0 Å². The van der Waals surface area contributed by atoms with Gasteiger partial charge >= 0.3 is 5.97 Å². The van der Waals surface area contributed by atoms with Crippen LogP contribution in [0.2, 0.25) is 0 Å². The second-order valence-corrected chi connectivity index (χ2v) is 4.39. The zero-order valence-electron chi connectivity index (χ0n) is 9.41. The summed E-state index contributed by atoms with van der Waals surface area (Å²) in [6.45, 7) is 0.275. The number of amides is 1. The fourth-order valence-electron chi connectivity index (χ4n) is 1.19. The lowest BCUT2D eigenvalue weighted by Gasteiger charge is -1.99. The largest absolute Gasteiger partial charge is 0.465 e. The summed E-state index contributed by atoms with van der Waals surface area (Å²) in [4.78, 5) is 23.0. The third-order valence-corrected chi connectivity index (χ3v) is 3.18.